The smallest absolute Gasteiger partial charge is 0.309 e. The molecule has 1 fully saturated rings. The molecule has 0 saturated carbocycles. The van der Waals surface area contributed by atoms with E-state index in [2.05, 4.69) is 38.1 Å². The number of benzene rings is 1. The van der Waals surface area contributed by atoms with Gasteiger partial charge in [0, 0.05) is 13.1 Å². The highest BCUT2D eigenvalue weighted by molar-refractivity contribution is 5.83. The molecule has 138 valence electrons. The summed E-state index contributed by atoms with van der Waals surface area (Å²) in [6.45, 7) is 9.90. The minimum atomic E-state index is -0.146. The van der Waals surface area contributed by atoms with Crippen molar-refractivity contribution in [2.45, 2.75) is 52.9 Å². The van der Waals surface area contributed by atoms with Gasteiger partial charge in [-0.3, -0.25) is 9.59 Å². The molecule has 1 saturated heterocycles. The first-order valence-electron chi connectivity index (χ1n) is 9.46. The molecule has 1 aromatic carbocycles. The van der Waals surface area contributed by atoms with Crippen LogP contribution in [0.25, 0.3) is 0 Å². The zero-order valence-electron chi connectivity index (χ0n) is 16.0. The first kappa shape index (κ1) is 19.5. The number of hydrogen-bond donors (Lipinski definition) is 0. The van der Waals surface area contributed by atoms with Gasteiger partial charge in [0.25, 0.3) is 0 Å². The third kappa shape index (κ3) is 5.32. The molecule has 1 amide bonds. The standard InChI is InChI=1S/C21H31NO3/c1-5-25-21(24)19-10-12-22(13-11-19)20(23)16(4)18-8-6-17(7-9-18)14-15(2)3/h6-9,15-16,19H,5,10-14H2,1-4H3. The van der Waals surface area contributed by atoms with Gasteiger partial charge in [-0.1, -0.05) is 38.1 Å². The zero-order chi connectivity index (χ0) is 18.4. The van der Waals surface area contributed by atoms with Crippen molar-refractivity contribution in [3.05, 3.63) is 35.4 Å². The predicted molar refractivity (Wildman–Crippen MR) is 99.3 cm³/mol. The van der Waals surface area contributed by atoms with Gasteiger partial charge in [0.1, 0.15) is 0 Å². The molecule has 1 heterocycles. The van der Waals surface area contributed by atoms with Gasteiger partial charge in [-0.05, 0) is 50.2 Å². The molecule has 1 aromatic rings. The largest absolute Gasteiger partial charge is 0.466 e. The highest BCUT2D eigenvalue weighted by Gasteiger charge is 2.30. The van der Waals surface area contributed by atoms with Crippen LogP contribution in [0.5, 0.6) is 0 Å². The Labute approximate surface area is 151 Å². The van der Waals surface area contributed by atoms with Crippen molar-refractivity contribution in [1.29, 1.82) is 0 Å². The lowest BCUT2D eigenvalue weighted by atomic mass is 9.93. The van der Waals surface area contributed by atoms with Gasteiger partial charge in [0.15, 0.2) is 0 Å². The van der Waals surface area contributed by atoms with Crippen LogP contribution in [0.1, 0.15) is 57.6 Å². The van der Waals surface area contributed by atoms with Crippen LogP contribution in [-0.4, -0.2) is 36.5 Å². The molecule has 25 heavy (non-hydrogen) atoms. The summed E-state index contributed by atoms with van der Waals surface area (Å²) in [4.78, 5) is 26.5. The normalized spacial score (nSPS) is 16.8. The number of piperidine rings is 1. The molecular weight excluding hydrogens is 314 g/mol. The second kappa shape index (κ2) is 9.02. The summed E-state index contributed by atoms with van der Waals surface area (Å²) in [7, 11) is 0. The predicted octanol–water partition coefficient (Wildman–Crippen LogP) is 3.79. The molecule has 0 radical (unpaired) electrons. The molecular formula is C21H31NO3. The highest BCUT2D eigenvalue weighted by atomic mass is 16.5. The average molecular weight is 345 g/mol. The van der Waals surface area contributed by atoms with Crippen LogP contribution >= 0.6 is 0 Å². The lowest BCUT2D eigenvalue weighted by molar-refractivity contribution is -0.151. The molecule has 1 aliphatic heterocycles. The van der Waals surface area contributed by atoms with Crippen LogP contribution in [0.3, 0.4) is 0 Å². The third-order valence-electron chi connectivity index (χ3n) is 4.92. The van der Waals surface area contributed by atoms with Gasteiger partial charge < -0.3 is 9.64 Å². The minimum Gasteiger partial charge on any atom is -0.466 e. The number of nitrogens with zero attached hydrogens (tertiary/aromatic N) is 1. The summed E-state index contributed by atoms with van der Waals surface area (Å²) in [6, 6.07) is 8.41. The van der Waals surface area contributed by atoms with Crippen molar-refractivity contribution in [2.75, 3.05) is 19.7 Å². The van der Waals surface area contributed by atoms with Crippen molar-refractivity contribution in [3.8, 4) is 0 Å². The van der Waals surface area contributed by atoms with E-state index >= 15 is 0 Å². The van der Waals surface area contributed by atoms with E-state index in [1.807, 2.05) is 18.7 Å². The molecule has 2 rings (SSSR count). The Morgan fingerprint density at radius 3 is 2.24 bits per heavy atom. The Hall–Kier alpha value is -1.84. The maximum Gasteiger partial charge on any atom is 0.309 e. The Morgan fingerprint density at radius 1 is 1.12 bits per heavy atom. The fraction of sp³-hybridized carbons (Fsp3) is 0.619. The van der Waals surface area contributed by atoms with Gasteiger partial charge in [0.05, 0.1) is 18.4 Å². The van der Waals surface area contributed by atoms with Gasteiger partial charge in [0.2, 0.25) is 5.91 Å². The molecule has 4 nitrogen and oxygen atoms in total. The van der Waals surface area contributed by atoms with Crippen molar-refractivity contribution < 1.29 is 14.3 Å². The summed E-state index contributed by atoms with van der Waals surface area (Å²) >= 11 is 0. The summed E-state index contributed by atoms with van der Waals surface area (Å²) in [6.07, 6.45) is 2.46. The first-order valence-corrected chi connectivity index (χ1v) is 9.46. The quantitative estimate of drug-likeness (QED) is 0.737. The molecule has 1 unspecified atom stereocenters. The van der Waals surface area contributed by atoms with E-state index in [-0.39, 0.29) is 23.7 Å². The number of rotatable bonds is 6. The van der Waals surface area contributed by atoms with E-state index in [9.17, 15) is 9.59 Å². The Bertz CT molecular complexity index is 571. The molecule has 1 atom stereocenters. The van der Waals surface area contributed by atoms with Gasteiger partial charge in [-0.25, -0.2) is 0 Å². The number of carbonyl (C=O) groups excluding carboxylic acids is 2. The van der Waals surface area contributed by atoms with E-state index in [1.165, 1.54) is 5.56 Å². The van der Waals surface area contributed by atoms with Crippen molar-refractivity contribution >= 4 is 11.9 Å². The number of amides is 1. The number of hydrogen-bond acceptors (Lipinski definition) is 3. The Balaban J connectivity index is 1.91. The van der Waals surface area contributed by atoms with E-state index in [1.54, 1.807) is 0 Å². The summed E-state index contributed by atoms with van der Waals surface area (Å²) in [5.41, 5.74) is 2.37. The zero-order valence-corrected chi connectivity index (χ0v) is 16.0. The molecule has 0 N–H and O–H groups in total. The topological polar surface area (TPSA) is 46.6 Å². The van der Waals surface area contributed by atoms with Gasteiger partial charge in [-0.2, -0.15) is 0 Å². The molecule has 1 aliphatic rings. The van der Waals surface area contributed by atoms with E-state index in [0.29, 0.717) is 38.5 Å². The second-order valence-electron chi connectivity index (χ2n) is 7.41. The van der Waals surface area contributed by atoms with E-state index in [4.69, 9.17) is 4.74 Å². The van der Waals surface area contributed by atoms with Crippen LogP contribution < -0.4 is 0 Å². The molecule has 0 aromatic heterocycles. The fourth-order valence-electron chi connectivity index (χ4n) is 3.43. The van der Waals surface area contributed by atoms with Crippen LogP contribution in [0.15, 0.2) is 24.3 Å². The van der Waals surface area contributed by atoms with Crippen molar-refractivity contribution in [3.63, 3.8) is 0 Å². The number of esters is 1. The van der Waals surface area contributed by atoms with Crippen LogP contribution in [-0.2, 0) is 20.7 Å². The van der Waals surface area contributed by atoms with Gasteiger partial charge >= 0.3 is 5.97 Å². The number of ether oxygens (including phenoxy) is 1. The Morgan fingerprint density at radius 2 is 1.72 bits per heavy atom. The fourth-order valence-corrected chi connectivity index (χ4v) is 3.43. The lowest BCUT2D eigenvalue weighted by Gasteiger charge is -2.32. The summed E-state index contributed by atoms with van der Waals surface area (Å²) in [5, 5.41) is 0. The van der Waals surface area contributed by atoms with E-state index in [0.717, 1.165) is 12.0 Å². The summed E-state index contributed by atoms with van der Waals surface area (Å²) < 4.78 is 5.09. The Kier molecular flexibility index (Phi) is 7.03. The maximum atomic E-state index is 12.8. The maximum absolute atomic E-state index is 12.8. The second-order valence-corrected chi connectivity index (χ2v) is 7.41. The monoisotopic (exact) mass is 345 g/mol. The summed E-state index contributed by atoms with van der Waals surface area (Å²) in [5.74, 6) is 0.453. The highest BCUT2D eigenvalue weighted by Crippen LogP contribution is 2.24. The first-order chi connectivity index (χ1) is 11.9. The molecule has 0 bridgehead atoms. The number of likely N-dealkylation sites (tertiary alicyclic amines) is 1. The van der Waals surface area contributed by atoms with Gasteiger partial charge in [-0.15, -0.1) is 0 Å². The van der Waals surface area contributed by atoms with Crippen molar-refractivity contribution in [2.24, 2.45) is 11.8 Å². The lowest BCUT2D eigenvalue weighted by Crippen LogP contribution is -2.42. The third-order valence-corrected chi connectivity index (χ3v) is 4.92. The average Bonchev–Trinajstić information content (AvgIpc) is 2.61. The molecule has 4 heteroatoms. The van der Waals surface area contributed by atoms with Crippen LogP contribution in [0, 0.1) is 11.8 Å². The van der Waals surface area contributed by atoms with Crippen molar-refractivity contribution in [1.82, 2.24) is 4.90 Å². The van der Waals surface area contributed by atoms with Crippen LogP contribution in [0.4, 0.5) is 0 Å². The molecule has 0 spiro atoms. The molecule has 0 aliphatic carbocycles. The van der Waals surface area contributed by atoms with E-state index < -0.39 is 0 Å². The van der Waals surface area contributed by atoms with Crippen LogP contribution in [0.2, 0.25) is 0 Å². The number of carbonyl (C=O) groups is 2. The SMILES string of the molecule is CCOC(=O)C1CCN(C(=O)C(C)c2ccc(CC(C)C)cc2)CC1. The minimum absolute atomic E-state index is 0.0605.